The summed E-state index contributed by atoms with van der Waals surface area (Å²) in [6.07, 6.45) is 3.38. The van der Waals surface area contributed by atoms with E-state index < -0.39 is 5.97 Å². The number of anilines is 1. The molecule has 0 bridgehead atoms. The molecule has 3 heterocycles. The SMILES string of the molecule is O=C(O)c1cc(-c2ccc(N3CCOCC3)cc2)c2c(C3CCC3)nn(-c3ccccc3)c2n1. The quantitative estimate of drug-likeness (QED) is 0.463. The fourth-order valence-electron chi connectivity index (χ4n) is 4.87. The normalized spacial score (nSPS) is 16.5. The molecule has 2 fully saturated rings. The van der Waals surface area contributed by atoms with E-state index in [9.17, 15) is 9.90 Å². The maximum absolute atomic E-state index is 12.0. The topological polar surface area (TPSA) is 80.5 Å². The summed E-state index contributed by atoms with van der Waals surface area (Å²) >= 11 is 0. The van der Waals surface area contributed by atoms with Gasteiger partial charge in [0.15, 0.2) is 11.3 Å². The minimum atomic E-state index is -1.04. The van der Waals surface area contributed by atoms with Crippen LogP contribution in [0.4, 0.5) is 5.69 Å². The average Bonchev–Trinajstić information content (AvgIpc) is 3.23. The van der Waals surface area contributed by atoms with E-state index in [1.807, 2.05) is 30.3 Å². The Bertz CT molecular complexity index is 1340. The fraction of sp³-hybridized carbons (Fsp3) is 0.296. The van der Waals surface area contributed by atoms with Gasteiger partial charge in [0.25, 0.3) is 0 Å². The number of hydrogen-bond acceptors (Lipinski definition) is 5. The second kappa shape index (κ2) is 8.57. The maximum atomic E-state index is 12.0. The first-order chi connectivity index (χ1) is 16.7. The van der Waals surface area contributed by atoms with Crippen LogP contribution in [0.1, 0.15) is 41.4 Å². The summed E-state index contributed by atoms with van der Waals surface area (Å²) in [5, 5.41) is 15.8. The number of benzene rings is 2. The van der Waals surface area contributed by atoms with E-state index in [1.165, 1.54) is 6.42 Å². The molecule has 2 aromatic heterocycles. The zero-order chi connectivity index (χ0) is 23.1. The van der Waals surface area contributed by atoms with Gasteiger partial charge in [-0.05, 0) is 54.3 Å². The largest absolute Gasteiger partial charge is 0.477 e. The molecule has 7 heteroatoms. The van der Waals surface area contributed by atoms with E-state index in [2.05, 4.69) is 34.1 Å². The molecule has 1 saturated heterocycles. The minimum Gasteiger partial charge on any atom is -0.477 e. The second-order valence-corrected chi connectivity index (χ2v) is 8.97. The van der Waals surface area contributed by atoms with Crippen LogP contribution in [-0.4, -0.2) is 52.1 Å². The van der Waals surface area contributed by atoms with E-state index in [-0.39, 0.29) is 5.69 Å². The number of hydrogen-bond donors (Lipinski definition) is 1. The lowest BCUT2D eigenvalue weighted by Crippen LogP contribution is -2.36. The number of fused-ring (bicyclic) bond motifs is 1. The Morgan fingerprint density at radius 2 is 1.71 bits per heavy atom. The molecular weight excluding hydrogens is 428 g/mol. The number of rotatable bonds is 5. The molecular formula is C27H26N4O3. The van der Waals surface area contributed by atoms with Gasteiger partial charge in [-0.1, -0.05) is 36.8 Å². The highest BCUT2D eigenvalue weighted by atomic mass is 16.5. The predicted octanol–water partition coefficient (Wildman–Crippen LogP) is 4.89. The molecule has 4 aromatic rings. The molecule has 0 atom stereocenters. The standard InChI is InChI=1S/C27H26N4O3/c32-27(33)23-17-22(18-9-11-20(12-10-18)30-13-15-34-16-14-30)24-25(19-5-4-6-19)29-31(26(24)28-23)21-7-2-1-3-8-21/h1-3,7-12,17,19H,4-6,13-16H2,(H,32,33). The van der Waals surface area contributed by atoms with E-state index in [4.69, 9.17) is 9.84 Å². The van der Waals surface area contributed by atoms with Crippen LogP contribution >= 0.6 is 0 Å². The third kappa shape index (κ3) is 3.62. The van der Waals surface area contributed by atoms with Crippen molar-refractivity contribution in [2.24, 2.45) is 0 Å². The molecule has 34 heavy (non-hydrogen) atoms. The Hall–Kier alpha value is -3.71. The molecule has 1 N–H and O–H groups in total. The minimum absolute atomic E-state index is 0.0250. The van der Waals surface area contributed by atoms with Crippen molar-refractivity contribution in [1.29, 1.82) is 0 Å². The van der Waals surface area contributed by atoms with Crippen molar-refractivity contribution in [1.82, 2.24) is 14.8 Å². The Kier molecular flexibility index (Phi) is 5.26. The van der Waals surface area contributed by atoms with Crippen LogP contribution in [0.15, 0.2) is 60.7 Å². The summed E-state index contributed by atoms with van der Waals surface area (Å²) in [7, 11) is 0. The van der Waals surface area contributed by atoms with Crippen molar-refractivity contribution in [3.05, 3.63) is 72.1 Å². The first-order valence-electron chi connectivity index (χ1n) is 11.8. The molecule has 1 aliphatic heterocycles. The highest BCUT2D eigenvalue weighted by Gasteiger charge is 2.29. The van der Waals surface area contributed by atoms with Crippen LogP contribution < -0.4 is 4.90 Å². The Morgan fingerprint density at radius 3 is 2.35 bits per heavy atom. The summed E-state index contributed by atoms with van der Waals surface area (Å²) < 4.78 is 7.28. The predicted molar refractivity (Wildman–Crippen MR) is 131 cm³/mol. The molecule has 0 radical (unpaired) electrons. The van der Waals surface area contributed by atoms with Gasteiger partial charge in [-0.15, -0.1) is 0 Å². The number of aromatic carboxylic acids is 1. The zero-order valence-electron chi connectivity index (χ0n) is 18.9. The van der Waals surface area contributed by atoms with Crippen LogP contribution in [0.2, 0.25) is 0 Å². The third-order valence-electron chi connectivity index (χ3n) is 6.93. The maximum Gasteiger partial charge on any atom is 0.354 e. The van der Waals surface area contributed by atoms with Crippen molar-refractivity contribution in [2.45, 2.75) is 25.2 Å². The van der Waals surface area contributed by atoms with Gasteiger partial charge in [-0.2, -0.15) is 5.10 Å². The molecule has 2 aromatic carbocycles. The van der Waals surface area contributed by atoms with Gasteiger partial charge >= 0.3 is 5.97 Å². The monoisotopic (exact) mass is 454 g/mol. The Morgan fingerprint density at radius 1 is 0.971 bits per heavy atom. The Labute approximate surface area is 197 Å². The van der Waals surface area contributed by atoms with Crippen LogP contribution in [0, 0.1) is 0 Å². The number of para-hydroxylation sites is 1. The van der Waals surface area contributed by atoms with E-state index in [0.717, 1.165) is 72.7 Å². The van der Waals surface area contributed by atoms with Crippen molar-refractivity contribution < 1.29 is 14.6 Å². The molecule has 6 rings (SSSR count). The fourth-order valence-corrected chi connectivity index (χ4v) is 4.87. The summed E-state index contributed by atoms with van der Waals surface area (Å²) in [6, 6.07) is 19.9. The number of carbonyl (C=O) groups is 1. The van der Waals surface area contributed by atoms with Crippen molar-refractivity contribution in [2.75, 3.05) is 31.2 Å². The third-order valence-corrected chi connectivity index (χ3v) is 6.93. The number of nitrogens with zero attached hydrogens (tertiary/aromatic N) is 4. The molecule has 0 spiro atoms. The van der Waals surface area contributed by atoms with Gasteiger partial charge in [0.05, 0.1) is 30.0 Å². The number of carboxylic acids is 1. The highest BCUT2D eigenvalue weighted by Crippen LogP contribution is 2.43. The van der Waals surface area contributed by atoms with Gasteiger partial charge in [0, 0.05) is 24.7 Å². The summed E-state index contributed by atoms with van der Waals surface area (Å²) in [5.74, 6) is -0.671. The smallest absolute Gasteiger partial charge is 0.354 e. The average molecular weight is 455 g/mol. The van der Waals surface area contributed by atoms with Crippen LogP contribution in [0.25, 0.3) is 27.8 Å². The molecule has 1 saturated carbocycles. The summed E-state index contributed by atoms with van der Waals surface area (Å²) in [5.41, 5.74) is 5.51. The van der Waals surface area contributed by atoms with Gasteiger partial charge in [0.1, 0.15) is 0 Å². The van der Waals surface area contributed by atoms with Crippen LogP contribution in [0.3, 0.4) is 0 Å². The molecule has 172 valence electrons. The van der Waals surface area contributed by atoms with Gasteiger partial charge in [0.2, 0.25) is 0 Å². The highest BCUT2D eigenvalue weighted by molar-refractivity contribution is 6.00. The number of carboxylic acid groups (broad SMARTS) is 1. The second-order valence-electron chi connectivity index (χ2n) is 8.97. The number of aromatic nitrogens is 3. The lowest BCUT2D eigenvalue weighted by atomic mass is 9.81. The number of morpholine rings is 1. The summed E-state index contributed by atoms with van der Waals surface area (Å²) in [6.45, 7) is 3.21. The summed E-state index contributed by atoms with van der Waals surface area (Å²) in [4.78, 5) is 18.9. The first kappa shape index (κ1) is 20.9. The van der Waals surface area contributed by atoms with Crippen LogP contribution in [0.5, 0.6) is 0 Å². The van der Waals surface area contributed by atoms with Crippen molar-refractivity contribution in [3.63, 3.8) is 0 Å². The molecule has 0 amide bonds. The Balaban J connectivity index is 1.54. The van der Waals surface area contributed by atoms with Gasteiger partial charge < -0.3 is 14.7 Å². The molecule has 0 unspecified atom stereocenters. The molecule has 2 aliphatic rings. The van der Waals surface area contributed by atoms with E-state index in [0.29, 0.717) is 11.6 Å². The van der Waals surface area contributed by atoms with Crippen LogP contribution in [-0.2, 0) is 4.74 Å². The molecule has 1 aliphatic carbocycles. The van der Waals surface area contributed by atoms with Crippen molar-refractivity contribution in [3.8, 4) is 16.8 Å². The first-order valence-corrected chi connectivity index (χ1v) is 11.8. The number of ether oxygens (including phenoxy) is 1. The lowest BCUT2D eigenvalue weighted by Gasteiger charge is -2.29. The van der Waals surface area contributed by atoms with E-state index in [1.54, 1.807) is 10.7 Å². The van der Waals surface area contributed by atoms with Gasteiger partial charge in [-0.25, -0.2) is 14.5 Å². The number of pyridine rings is 1. The molecule has 7 nitrogen and oxygen atoms in total. The lowest BCUT2D eigenvalue weighted by molar-refractivity contribution is 0.0691. The van der Waals surface area contributed by atoms with Crippen molar-refractivity contribution >= 4 is 22.7 Å². The zero-order valence-corrected chi connectivity index (χ0v) is 18.9. The van der Waals surface area contributed by atoms with Gasteiger partial charge in [-0.3, -0.25) is 0 Å². The van der Waals surface area contributed by atoms with E-state index >= 15 is 0 Å².